The maximum Gasteiger partial charge on any atom is 0.129 e. The first-order chi connectivity index (χ1) is 15.7. The van der Waals surface area contributed by atoms with E-state index in [0.717, 1.165) is 66.1 Å². The molecule has 32 heavy (non-hydrogen) atoms. The summed E-state index contributed by atoms with van der Waals surface area (Å²) in [5, 5.41) is 4.02. The van der Waals surface area contributed by atoms with Crippen molar-refractivity contribution in [3.05, 3.63) is 70.2 Å². The lowest BCUT2D eigenvalue weighted by Gasteiger charge is -2.35. The molecular weight excluding hydrogens is 418 g/mol. The van der Waals surface area contributed by atoms with Crippen molar-refractivity contribution in [2.24, 2.45) is 4.99 Å². The highest BCUT2D eigenvalue weighted by Crippen LogP contribution is 2.19. The average Bonchev–Trinajstić information content (AvgIpc) is 2.83. The number of benzene rings is 2. The topological polar surface area (TPSA) is 35.0 Å². The fourth-order valence-electron chi connectivity index (χ4n) is 4.67. The van der Waals surface area contributed by atoms with Crippen LogP contribution in [0.15, 0.2) is 59.6 Å². The zero-order chi connectivity index (χ0) is 21.9. The lowest BCUT2D eigenvalue weighted by atomic mass is 10.1. The van der Waals surface area contributed by atoms with Gasteiger partial charge in [0.05, 0.1) is 15.9 Å². The van der Waals surface area contributed by atoms with E-state index in [0.29, 0.717) is 0 Å². The number of hydrogen-bond acceptors (Lipinski definition) is 5. The Kier molecular flexibility index (Phi) is 6.28. The predicted octanol–water partition coefficient (Wildman–Crippen LogP) is 3.51. The van der Waals surface area contributed by atoms with Gasteiger partial charge >= 0.3 is 0 Å². The normalized spacial score (nSPS) is 18.9. The highest BCUT2D eigenvalue weighted by molar-refractivity contribution is 6.30. The molecule has 3 heterocycles. The maximum atomic E-state index is 6.31. The molecule has 0 N–H and O–H groups in total. The summed E-state index contributed by atoms with van der Waals surface area (Å²) in [6, 6.07) is 18.6. The second-order valence-corrected chi connectivity index (χ2v) is 9.17. The minimum atomic E-state index is 0.205. The third-order valence-electron chi connectivity index (χ3n) is 6.59. The first kappa shape index (κ1) is 21.2. The molecule has 5 nitrogen and oxygen atoms in total. The molecule has 1 fully saturated rings. The fraction of sp³-hybridized carbons (Fsp3) is 0.385. The molecule has 2 aromatic carbocycles. The van der Waals surface area contributed by atoms with Gasteiger partial charge in [-0.1, -0.05) is 35.9 Å². The molecule has 0 radical (unpaired) electrons. The van der Waals surface area contributed by atoms with Crippen molar-refractivity contribution in [2.45, 2.75) is 25.4 Å². The summed E-state index contributed by atoms with van der Waals surface area (Å²) in [6.07, 6.45) is 5.79. The molecule has 1 aromatic heterocycles. The number of para-hydroxylation sites is 1. The summed E-state index contributed by atoms with van der Waals surface area (Å²) in [4.78, 5) is 17.0. The van der Waals surface area contributed by atoms with Crippen LogP contribution < -0.4 is 15.5 Å². The van der Waals surface area contributed by atoms with Crippen molar-refractivity contribution < 1.29 is 0 Å². The highest BCUT2D eigenvalue weighted by atomic mass is 35.5. The van der Waals surface area contributed by atoms with Crippen LogP contribution in [0.1, 0.15) is 19.3 Å². The van der Waals surface area contributed by atoms with E-state index < -0.39 is 0 Å². The monoisotopic (exact) mass is 447 g/mol. The molecule has 5 rings (SSSR count). The lowest BCUT2D eigenvalue weighted by molar-refractivity contribution is 0.245. The largest absolute Gasteiger partial charge is 0.358 e. The Morgan fingerprint density at radius 1 is 0.938 bits per heavy atom. The second-order valence-electron chi connectivity index (χ2n) is 8.76. The van der Waals surface area contributed by atoms with E-state index in [-0.39, 0.29) is 6.17 Å². The summed E-state index contributed by atoms with van der Waals surface area (Å²) in [7, 11) is 2.10. The number of unbranched alkanes of at least 4 members (excludes halogenated alkanes) is 1. The maximum absolute atomic E-state index is 6.31. The Morgan fingerprint density at radius 3 is 2.66 bits per heavy atom. The number of aromatic nitrogens is 1. The third kappa shape index (κ3) is 4.59. The summed E-state index contributed by atoms with van der Waals surface area (Å²) in [6.45, 7) is 5.43. The van der Waals surface area contributed by atoms with Crippen LogP contribution in [0.4, 0.5) is 5.82 Å². The van der Waals surface area contributed by atoms with Gasteiger partial charge in [-0.05, 0) is 56.1 Å². The second kappa shape index (κ2) is 9.47. The van der Waals surface area contributed by atoms with Crippen LogP contribution in [0.25, 0.3) is 17.1 Å². The Bertz CT molecular complexity index is 1200. The van der Waals surface area contributed by atoms with Gasteiger partial charge in [0.15, 0.2) is 0 Å². The van der Waals surface area contributed by atoms with Gasteiger partial charge in [0, 0.05) is 50.0 Å². The van der Waals surface area contributed by atoms with Gasteiger partial charge in [-0.2, -0.15) is 0 Å². The van der Waals surface area contributed by atoms with E-state index in [1.54, 1.807) is 0 Å². The van der Waals surface area contributed by atoms with Crippen LogP contribution in [0.3, 0.4) is 0 Å². The molecule has 2 aliphatic rings. The van der Waals surface area contributed by atoms with Crippen molar-refractivity contribution in [1.82, 2.24) is 14.8 Å². The smallest absolute Gasteiger partial charge is 0.129 e. The Balaban J connectivity index is 1.09. The van der Waals surface area contributed by atoms with Gasteiger partial charge in [-0.25, -0.2) is 4.98 Å². The standard InChI is InChI=1S/C26H30ClN5/c1-30-19-21-22(27)8-6-10-24(21)29-25(30)11-4-5-14-31-15-17-32(18-16-31)26-13-12-20-7-2-3-9-23(20)28-26/h2-3,6-10,12-13,19,25H,4-5,11,14-18H2,1H3. The quantitative estimate of drug-likeness (QED) is 0.542. The number of fused-ring (bicyclic) bond motifs is 2. The van der Waals surface area contributed by atoms with Crippen LogP contribution in [0, 0.1) is 0 Å². The van der Waals surface area contributed by atoms with E-state index in [9.17, 15) is 0 Å². The average molecular weight is 448 g/mol. The molecule has 0 spiro atoms. The molecule has 166 valence electrons. The minimum Gasteiger partial charge on any atom is -0.358 e. The Hall–Kier alpha value is -2.63. The minimum absolute atomic E-state index is 0.205. The van der Waals surface area contributed by atoms with Crippen molar-refractivity contribution >= 4 is 34.5 Å². The number of anilines is 1. The summed E-state index contributed by atoms with van der Waals surface area (Å²) in [5.74, 6) is 1.10. The summed E-state index contributed by atoms with van der Waals surface area (Å²) < 4.78 is 0. The SMILES string of the molecule is CN1C=c2c(Cl)cccc2=NC1CCCCN1CCN(c2ccc3ccccc3n2)CC1. The molecule has 0 amide bonds. The van der Waals surface area contributed by atoms with Crippen LogP contribution in [0.5, 0.6) is 0 Å². The number of nitrogens with zero attached hydrogens (tertiary/aromatic N) is 5. The number of rotatable bonds is 6. The predicted molar refractivity (Wildman–Crippen MR) is 132 cm³/mol. The van der Waals surface area contributed by atoms with Crippen molar-refractivity contribution in [2.75, 3.05) is 44.7 Å². The van der Waals surface area contributed by atoms with E-state index >= 15 is 0 Å². The zero-order valence-corrected chi connectivity index (χ0v) is 19.4. The highest BCUT2D eigenvalue weighted by Gasteiger charge is 2.19. The molecule has 1 atom stereocenters. The van der Waals surface area contributed by atoms with Gasteiger partial charge in [0.1, 0.15) is 12.0 Å². The molecule has 3 aromatic rings. The molecule has 1 unspecified atom stereocenters. The third-order valence-corrected chi connectivity index (χ3v) is 6.92. The van der Waals surface area contributed by atoms with E-state index in [2.05, 4.69) is 70.4 Å². The van der Waals surface area contributed by atoms with Crippen LogP contribution in [0.2, 0.25) is 5.02 Å². The van der Waals surface area contributed by atoms with Gasteiger partial charge < -0.3 is 9.80 Å². The Morgan fingerprint density at radius 2 is 1.78 bits per heavy atom. The Labute approximate surface area is 194 Å². The molecular formula is C26H30ClN5. The summed E-state index contributed by atoms with van der Waals surface area (Å²) in [5.41, 5.74) is 1.08. The van der Waals surface area contributed by atoms with Crippen molar-refractivity contribution in [3.8, 4) is 0 Å². The number of pyridine rings is 1. The van der Waals surface area contributed by atoms with Crippen LogP contribution in [-0.2, 0) is 0 Å². The van der Waals surface area contributed by atoms with E-state index in [4.69, 9.17) is 21.6 Å². The molecule has 2 aliphatic heterocycles. The number of piperazine rings is 1. The summed E-state index contributed by atoms with van der Waals surface area (Å²) >= 11 is 6.31. The van der Waals surface area contributed by atoms with Gasteiger partial charge in [-0.3, -0.25) is 9.89 Å². The molecule has 1 saturated heterocycles. The molecule has 0 saturated carbocycles. The fourth-order valence-corrected chi connectivity index (χ4v) is 4.89. The van der Waals surface area contributed by atoms with Gasteiger partial charge in [-0.15, -0.1) is 0 Å². The lowest BCUT2D eigenvalue weighted by Crippen LogP contribution is -2.47. The van der Waals surface area contributed by atoms with E-state index in [1.807, 2.05) is 12.1 Å². The first-order valence-electron chi connectivity index (χ1n) is 11.6. The first-order valence-corrected chi connectivity index (χ1v) is 11.9. The van der Waals surface area contributed by atoms with Crippen molar-refractivity contribution in [3.63, 3.8) is 0 Å². The number of hydrogen-bond donors (Lipinski definition) is 0. The van der Waals surface area contributed by atoms with E-state index in [1.165, 1.54) is 18.2 Å². The zero-order valence-electron chi connectivity index (χ0n) is 18.6. The van der Waals surface area contributed by atoms with Crippen molar-refractivity contribution in [1.29, 1.82) is 0 Å². The van der Waals surface area contributed by atoms with Gasteiger partial charge in [0.2, 0.25) is 0 Å². The number of halogens is 1. The molecule has 0 aliphatic carbocycles. The molecule has 6 heteroatoms. The van der Waals surface area contributed by atoms with Crippen LogP contribution >= 0.6 is 11.6 Å². The van der Waals surface area contributed by atoms with Crippen LogP contribution in [-0.4, -0.2) is 60.7 Å². The molecule has 0 bridgehead atoms. The van der Waals surface area contributed by atoms with Gasteiger partial charge in [0.25, 0.3) is 0 Å².